The van der Waals surface area contributed by atoms with Gasteiger partial charge in [0.1, 0.15) is 0 Å². The number of amides is 2. The third kappa shape index (κ3) is 1.85. The third-order valence-corrected chi connectivity index (χ3v) is 4.88. The molecule has 0 saturated heterocycles. The number of carbonyl (C=O) groups excluding carboxylic acids is 2. The molecule has 0 aliphatic carbocycles. The van der Waals surface area contributed by atoms with Crippen LogP contribution in [-0.4, -0.2) is 22.0 Å². The Balaban J connectivity index is 1.95. The van der Waals surface area contributed by atoms with E-state index in [4.69, 9.17) is 0 Å². The number of fused-ring (bicyclic) bond motifs is 2. The van der Waals surface area contributed by atoms with Crippen molar-refractivity contribution in [1.29, 1.82) is 0 Å². The largest absolute Gasteiger partial charge is 0.276 e. The van der Waals surface area contributed by atoms with Gasteiger partial charge in [-0.05, 0) is 46.9 Å². The first-order valence-corrected chi connectivity index (χ1v) is 8.26. The number of imide groups is 1. The second-order valence-electron chi connectivity index (χ2n) is 4.85. The Kier molecular flexibility index (Phi) is 3.08. The molecule has 2 aromatic carbocycles. The molecule has 1 aromatic heterocycles. The summed E-state index contributed by atoms with van der Waals surface area (Å²) in [6, 6.07) is 10.6. The van der Waals surface area contributed by atoms with Crippen molar-refractivity contribution in [3.8, 4) is 0 Å². The SMILES string of the molecule is O=C1c2ccccc2C(=O)N1c1n[nH]c2cc(Br)cc(I)c12. The van der Waals surface area contributed by atoms with Gasteiger partial charge < -0.3 is 0 Å². The molecule has 1 N–H and O–H groups in total. The van der Waals surface area contributed by atoms with E-state index >= 15 is 0 Å². The molecule has 22 heavy (non-hydrogen) atoms. The minimum absolute atomic E-state index is 0.340. The van der Waals surface area contributed by atoms with Crippen LogP contribution in [0.25, 0.3) is 10.9 Å². The molecule has 7 heteroatoms. The predicted molar refractivity (Wildman–Crippen MR) is 94.1 cm³/mol. The van der Waals surface area contributed by atoms with Crippen LogP contribution in [0.2, 0.25) is 0 Å². The number of nitrogens with one attached hydrogen (secondary N) is 1. The van der Waals surface area contributed by atoms with Gasteiger partial charge in [0.25, 0.3) is 11.8 Å². The van der Waals surface area contributed by atoms with Gasteiger partial charge in [0.15, 0.2) is 5.82 Å². The highest BCUT2D eigenvalue weighted by atomic mass is 127. The average molecular weight is 468 g/mol. The lowest BCUT2D eigenvalue weighted by Crippen LogP contribution is -2.30. The molecule has 0 bridgehead atoms. The van der Waals surface area contributed by atoms with Gasteiger partial charge in [0.05, 0.1) is 22.0 Å². The Morgan fingerprint density at radius 3 is 2.36 bits per heavy atom. The molecule has 2 amide bonds. The van der Waals surface area contributed by atoms with Crippen molar-refractivity contribution in [2.24, 2.45) is 0 Å². The van der Waals surface area contributed by atoms with Gasteiger partial charge in [-0.2, -0.15) is 5.10 Å². The first-order chi connectivity index (χ1) is 10.6. The third-order valence-electron chi connectivity index (χ3n) is 3.57. The Morgan fingerprint density at radius 2 is 1.73 bits per heavy atom. The molecular formula is C15H7BrIN3O2. The summed E-state index contributed by atoms with van der Waals surface area (Å²) in [5, 5.41) is 7.84. The topological polar surface area (TPSA) is 66.1 Å². The van der Waals surface area contributed by atoms with E-state index < -0.39 is 0 Å². The number of carbonyl (C=O) groups is 2. The summed E-state index contributed by atoms with van der Waals surface area (Å²) in [6.45, 7) is 0. The highest BCUT2D eigenvalue weighted by molar-refractivity contribution is 14.1. The highest BCUT2D eigenvalue weighted by Gasteiger charge is 2.38. The first kappa shape index (κ1) is 13.9. The number of halogens is 2. The van der Waals surface area contributed by atoms with Crippen LogP contribution in [0.1, 0.15) is 20.7 Å². The normalized spacial score (nSPS) is 14.0. The molecule has 3 aromatic rings. The smallest absolute Gasteiger partial charge is 0.267 e. The number of nitrogens with zero attached hydrogens (tertiary/aromatic N) is 2. The molecule has 0 saturated carbocycles. The fraction of sp³-hybridized carbons (Fsp3) is 0. The van der Waals surface area contributed by atoms with Crippen molar-refractivity contribution in [3.05, 3.63) is 55.6 Å². The number of hydrogen-bond acceptors (Lipinski definition) is 3. The number of H-pyrrole nitrogens is 1. The zero-order chi connectivity index (χ0) is 15.4. The molecule has 0 unspecified atom stereocenters. The maximum absolute atomic E-state index is 12.6. The number of benzene rings is 2. The zero-order valence-corrected chi connectivity index (χ0v) is 14.7. The van der Waals surface area contributed by atoms with Crippen molar-refractivity contribution >= 4 is 67.1 Å². The minimum Gasteiger partial charge on any atom is -0.276 e. The lowest BCUT2D eigenvalue weighted by atomic mass is 10.1. The van der Waals surface area contributed by atoms with E-state index in [1.165, 1.54) is 0 Å². The Morgan fingerprint density at radius 1 is 1.09 bits per heavy atom. The lowest BCUT2D eigenvalue weighted by molar-refractivity contribution is 0.0925. The van der Waals surface area contributed by atoms with Gasteiger partial charge in [0.2, 0.25) is 0 Å². The van der Waals surface area contributed by atoms with E-state index in [1.54, 1.807) is 24.3 Å². The quantitative estimate of drug-likeness (QED) is 0.438. The Labute approximate surface area is 147 Å². The van der Waals surface area contributed by atoms with E-state index in [9.17, 15) is 9.59 Å². The predicted octanol–water partition coefficient (Wildman–Crippen LogP) is 3.73. The van der Waals surface area contributed by atoms with E-state index in [0.717, 1.165) is 23.8 Å². The standard InChI is InChI=1S/C15H7BrIN3O2/c16-7-5-10(17)12-11(6-7)18-19-13(12)20-14(21)8-3-1-2-4-9(8)15(20)22/h1-6H,(H,18,19). The van der Waals surface area contributed by atoms with E-state index in [2.05, 4.69) is 48.7 Å². The van der Waals surface area contributed by atoms with Crippen molar-refractivity contribution in [1.82, 2.24) is 10.2 Å². The molecule has 2 heterocycles. The first-order valence-electron chi connectivity index (χ1n) is 6.39. The van der Waals surface area contributed by atoms with Crippen molar-refractivity contribution in [3.63, 3.8) is 0 Å². The van der Waals surface area contributed by atoms with Crippen molar-refractivity contribution < 1.29 is 9.59 Å². The van der Waals surface area contributed by atoms with Crippen LogP contribution in [0.3, 0.4) is 0 Å². The van der Waals surface area contributed by atoms with Crippen LogP contribution >= 0.6 is 38.5 Å². The van der Waals surface area contributed by atoms with Crippen LogP contribution in [0.15, 0.2) is 40.9 Å². The minimum atomic E-state index is -0.340. The van der Waals surface area contributed by atoms with E-state index in [0.29, 0.717) is 16.9 Å². The van der Waals surface area contributed by atoms with Crippen LogP contribution in [0.4, 0.5) is 5.82 Å². The molecular weight excluding hydrogens is 461 g/mol. The number of hydrogen-bond donors (Lipinski definition) is 1. The molecule has 1 aliphatic heterocycles. The lowest BCUT2D eigenvalue weighted by Gasteiger charge is -2.11. The van der Waals surface area contributed by atoms with Crippen molar-refractivity contribution in [2.45, 2.75) is 0 Å². The monoisotopic (exact) mass is 467 g/mol. The maximum Gasteiger partial charge on any atom is 0.267 e. The highest BCUT2D eigenvalue weighted by Crippen LogP contribution is 2.35. The molecule has 1 aliphatic rings. The summed E-state index contributed by atoms with van der Waals surface area (Å²) in [5.74, 6) is -0.335. The van der Waals surface area contributed by atoms with E-state index in [1.807, 2.05) is 12.1 Å². The van der Waals surface area contributed by atoms with Gasteiger partial charge in [0, 0.05) is 8.04 Å². The molecule has 0 spiro atoms. The fourth-order valence-corrected chi connectivity index (χ4v) is 4.35. The molecule has 0 atom stereocenters. The average Bonchev–Trinajstić information content (AvgIpc) is 3.00. The Bertz CT molecular complexity index is 932. The second-order valence-corrected chi connectivity index (χ2v) is 6.93. The fourth-order valence-electron chi connectivity index (χ4n) is 2.60. The Hall–Kier alpha value is -1.74. The summed E-state index contributed by atoms with van der Waals surface area (Å²) in [5.41, 5.74) is 1.59. The molecule has 108 valence electrons. The van der Waals surface area contributed by atoms with Crippen molar-refractivity contribution in [2.75, 3.05) is 4.90 Å². The van der Waals surface area contributed by atoms with Gasteiger partial charge in [-0.1, -0.05) is 28.1 Å². The van der Waals surface area contributed by atoms with Crippen LogP contribution in [-0.2, 0) is 0 Å². The number of anilines is 1. The summed E-state index contributed by atoms with van der Waals surface area (Å²) in [7, 11) is 0. The zero-order valence-electron chi connectivity index (χ0n) is 10.9. The van der Waals surface area contributed by atoms with Crippen LogP contribution < -0.4 is 4.90 Å². The van der Waals surface area contributed by atoms with Gasteiger partial charge in [-0.3, -0.25) is 14.7 Å². The summed E-state index contributed by atoms with van der Waals surface area (Å²) < 4.78 is 1.81. The number of rotatable bonds is 1. The number of aromatic amines is 1. The summed E-state index contributed by atoms with van der Waals surface area (Å²) in [6.07, 6.45) is 0. The van der Waals surface area contributed by atoms with Gasteiger partial charge in [-0.25, -0.2) is 4.90 Å². The second kappa shape index (κ2) is 4.88. The van der Waals surface area contributed by atoms with Crippen LogP contribution in [0.5, 0.6) is 0 Å². The van der Waals surface area contributed by atoms with Crippen LogP contribution in [0, 0.1) is 3.57 Å². The van der Waals surface area contributed by atoms with Gasteiger partial charge >= 0.3 is 0 Å². The van der Waals surface area contributed by atoms with E-state index in [-0.39, 0.29) is 11.8 Å². The van der Waals surface area contributed by atoms with Gasteiger partial charge in [-0.15, -0.1) is 0 Å². The molecule has 5 nitrogen and oxygen atoms in total. The summed E-state index contributed by atoms with van der Waals surface area (Å²) in [4.78, 5) is 26.3. The molecule has 4 rings (SSSR count). The molecule has 0 radical (unpaired) electrons. The summed E-state index contributed by atoms with van der Waals surface area (Å²) >= 11 is 5.59. The number of aromatic nitrogens is 2. The maximum atomic E-state index is 12.6. The molecule has 0 fully saturated rings.